The number of hydrogen-bond acceptors (Lipinski definition) is 2. The fraction of sp³-hybridized carbons (Fsp3) is 0.278. The van der Waals surface area contributed by atoms with Crippen molar-refractivity contribution in [3.05, 3.63) is 65.4 Å². The largest absolute Gasteiger partial charge is 0.396 e. The van der Waals surface area contributed by atoms with Gasteiger partial charge < -0.3 is 5.11 Å². The molecule has 1 heterocycles. The molecule has 0 radical (unpaired) electrons. The van der Waals surface area contributed by atoms with E-state index in [-0.39, 0.29) is 12.5 Å². The average Bonchev–Trinajstić information content (AvgIpc) is 2.82. The van der Waals surface area contributed by atoms with Gasteiger partial charge >= 0.3 is 0 Å². The van der Waals surface area contributed by atoms with Crippen LogP contribution in [0.15, 0.2) is 48.5 Å². The van der Waals surface area contributed by atoms with Crippen LogP contribution in [0.1, 0.15) is 22.7 Å². The minimum Gasteiger partial charge on any atom is -0.396 e. The van der Waals surface area contributed by atoms with Crippen LogP contribution in [0, 0.1) is 6.92 Å². The standard InChI is InChI=1S/C18H20N2O/c1-13-6-5-7-14(10-13)15(12-21)11-17-16-8-3-4-9-18(16)20(2)19-17/h3-10,15,21H,11-12H2,1-2H3. The van der Waals surface area contributed by atoms with E-state index in [1.807, 2.05) is 29.9 Å². The molecule has 0 bridgehead atoms. The molecule has 0 aliphatic carbocycles. The molecule has 0 fully saturated rings. The summed E-state index contributed by atoms with van der Waals surface area (Å²) in [5.41, 5.74) is 4.58. The van der Waals surface area contributed by atoms with Gasteiger partial charge in [0.1, 0.15) is 0 Å². The Bertz CT molecular complexity index is 761. The summed E-state index contributed by atoms with van der Waals surface area (Å²) in [4.78, 5) is 0. The molecule has 0 saturated heterocycles. The van der Waals surface area contributed by atoms with E-state index in [9.17, 15) is 5.11 Å². The minimum atomic E-state index is 0.0863. The third-order valence-electron chi connectivity index (χ3n) is 4.01. The van der Waals surface area contributed by atoms with E-state index in [2.05, 4.69) is 42.4 Å². The Kier molecular flexibility index (Phi) is 3.76. The first-order chi connectivity index (χ1) is 10.2. The number of nitrogens with zero attached hydrogens (tertiary/aromatic N) is 2. The second-order valence-electron chi connectivity index (χ2n) is 5.59. The third-order valence-corrected chi connectivity index (χ3v) is 4.01. The number of para-hydroxylation sites is 1. The Balaban J connectivity index is 1.96. The summed E-state index contributed by atoms with van der Waals surface area (Å²) in [6.45, 7) is 2.21. The number of aryl methyl sites for hydroxylation is 2. The van der Waals surface area contributed by atoms with Crippen LogP contribution in [0.4, 0.5) is 0 Å². The molecular formula is C18H20N2O. The molecule has 0 aliphatic heterocycles. The zero-order chi connectivity index (χ0) is 14.8. The van der Waals surface area contributed by atoms with E-state index in [0.29, 0.717) is 0 Å². The first kappa shape index (κ1) is 13.8. The fourth-order valence-corrected chi connectivity index (χ4v) is 2.88. The Hall–Kier alpha value is -2.13. The van der Waals surface area contributed by atoms with E-state index < -0.39 is 0 Å². The number of benzene rings is 2. The van der Waals surface area contributed by atoms with Gasteiger partial charge in [0.2, 0.25) is 0 Å². The highest BCUT2D eigenvalue weighted by molar-refractivity contribution is 5.81. The number of aliphatic hydroxyl groups excluding tert-OH is 1. The lowest BCUT2D eigenvalue weighted by Gasteiger charge is -2.14. The Labute approximate surface area is 124 Å². The van der Waals surface area contributed by atoms with Gasteiger partial charge in [0.25, 0.3) is 0 Å². The summed E-state index contributed by atoms with van der Waals surface area (Å²) >= 11 is 0. The van der Waals surface area contributed by atoms with Crippen LogP contribution < -0.4 is 0 Å². The molecule has 21 heavy (non-hydrogen) atoms. The lowest BCUT2D eigenvalue weighted by molar-refractivity contribution is 0.264. The van der Waals surface area contributed by atoms with Crippen LogP contribution in [0.5, 0.6) is 0 Å². The molecule has 0 amide bonds. The molecule has 1 unspecified atom stereocenters. The van der Waals surface area contributed by atoms with Gasteiger partial charge in [-0.15, -0.1) is 0 Å². The van der Waals surface area contributed by atoms with Crippen LogP contribution >= 0.6 is 0 Å². The fourth-order valence-electron chi connectivity index (χ4n) is 2.88. The monoisotopic (exact) mass is 280 g/mol. The van der Waals surface area contributed by atoms with Crippen LogP contribution in [0.2, 0.25) is 0 Å². The maximum Gasteiger partial charge on any atom is 0.0710 e. The Morgan fingerprint density at radius 3 is 2.71 bits per heavy atom. The lowest BCUT2D eigenvalue weighted by atomic mass is 9.93. The highest BCUT2D eigenvalue weighted by Crippen LogP contribution is 2.25. The normalized spacial score (nSPS) is 12.7. The summed E-state index contributed by atoms with van der Waals surface area (Å²) in [6.07, 6.45) is 0.751. The highest BCUT2D eigenvalue weighted by Gasteiger charge is 2.16. The van der Waals surface area contributed by atoms with Gasteiger partial charge in [-0.25, -0.2) is 0 Å². The van der Waals surface area contributed by atoms with E-state index in [1.54, 1.807) is 0 Å². The highest BCUT2D eigenvalue weighted by atomic mass is 16.3. The molecule has 108 valence electrons. The molecule has 0 aliphatic rings. The molecule has 1 N–H and O–H groups in total. The molecule has 1 aromatic heterocycles. The average molecular weight is 280 g/mol. The zero-order valence-electron chi connectivity index (χ0n) is 12.5. The summed E-state index contributed by atoms with van der Waals surface area (Å²) < 4.78 is 1.91. The van der Waals surface area contributed by atoms with E-state index in [0.717, 1.165) is 17.6 Å². The van der Waals surface area contributed by atoms with E-state index >= 15 is 0 Å². The molecule has 3 nitrogen and oxygen atoms in total. The summed E-state index contributed by atoms with van der Waals surface area (Å²) in [6, 6.07) is 16.6. The smallest absolute Gasteiger partial charge is 0.0710 e. The van der Waals surface area contributed by atoms with Gasteiger partial charge in [0.05, 0.1) is 17.8 Å². The minimum absolute atomic E-state index is 0.0863. The quantitative estimate of drug-likeness (QED) is 0.797. The molecule has 3 aromatic rings. The molecular weight excluding hydrogens is 260 g/mol. The van der Waals surface area contributed by atoms with Gasteiger partial charge in [0.15, 0.2) is 0 Å². The van der Waals surface area contributed by atoms with Crippen molar-refractivity contribution in [1.29, 1.82) is 0 Å². The van der Waals surface area contributed by atoms with Gasteiger partial charge in [0, 0.05) is 24.8 Å². The van der Waals surface area contributed by atoms with Crippen molar-refractivity contribution in [2.24, 2.45) is 7.05 Å². The summed E-state index contributed by atoms with van der Waals surface area (Å²) in [5, 5.41) is 15.6. The first-order valence-electron chi connectivity index (χ1n) is 7.27. The van der Waals surface area contributed by atoms with Crippen molar-refractivity contribution in [3.63, 3.8) is 0 Å². The van der Waals surface area contributed by atoms with Crippen molar-refractivity contribution < 1.29 is 5.11 Å². The number of aromatic nitrogens is 2. The SMILES string of the molecule is Cc1cccc(C(CO)Cc2nn(C)c3ccccc23)c1. The van der Waals surface area contributed by atoms with Crippen molar-refractivity contribution in [2.75, 3.05) is 6.61 Å². The molecule has 2 aromatic carbocycles. The number of fused-ring (bicyclic) bond motifs is 1. The second-order valence-corrected chi connectivity index (χ2v) is 5.59. The van der Waals surface area contributed by atoms with Crippen LogP contribution in [0.25, 0.3) is 10.9 Å². The van der Waals surface area contributed by atoms with Crippen molar-refractivity contribution >= 4 is 10.9 Å². The van der Waals surface area contributed by atoms with Crippen molar-refractivity contribution in [1.82, 2.24) is 9.78 Å². The molecule has 0 saturated carbocycles. The maximum atomic E-state index is 9.78. The topological polar surface area (TPSA) is 38.1 Å². The summed E-state index contributed by atoms with van der Waals surface area (Å²) in [5.74, 6) is 0.0863. The molecule has 3 rings (SSSR count). The van der Waals surface area contributed by atoms with E-state index in [1.165, 1.54) is 16.5 Å². The second kappa shape index (κ2) is 5.70. The zero-order valence-corrected chi connectivity index (χ0v) is 12.5. The Morgan fingerprint density at radius 1 is 1.14 bits per heavy atom. The van der Waals surface area contributed by atoms with Crippen LogP contribution in [0.3, 0.4) is 0 Å². The number of rotatable bonds is 4. The predicted octanol–water partition coefficient (Wildman–Crippen LogP) is 3.20. The molecule has 3 heteroatoms. The number of aliphatic hydroxyl groups is 1. The summed E-state index contributed by atoms with van der Waals surface area (Å²) in [7, 11) is 1.96. The van der Waals surface area contributed by atoms with E-state index in [4.69, 9.17) is 0 Å². The predicted molar refractivity (Wildman–Crippen MR) is 85.4 cm³/mol. The van der Waals surface area contributed by atoms with Crippen molar-refractivity contribution in [3.8, 4) is 0 Å². The lowest BCUT2D eigenvalue weighted by Crippen LogP contribution is -2.09. The van der Waals surface area contributed by atoms with Gasteiger partial charge in [-0.3, -0.25) is 4.68 Å². The van der Waals surface area contributed by atoms with Gasteiger partial charge in [-0.05, 0) is 18.6 Å². The van der Waals surface area contributed by atoms with Crippen molar-refractivity contribution in [2.45, 2.75) is 19.3 Å². The van der Waals surface area contributed by atoms with Crippen LogP contribution in [-0.2, 0) is 13.5 Å². The van der Waals surface area contributed by atoms with Crippen LogP contribution in [-0.4, -0.2) is 21.5 Å². The molecule has 1 atom stereocenters. The number of hydrogen-bond donors (Lipinski definition) is 1. The Morgan fingerprint density at radius 2 is 1.95 bits per heavy atom. The van der Waals surface area contributed by atoms with Gasteiger partial charge in [-0.1, -0.05) is 48.0 Å². The molecule has 0 spiro atoms. The third kappa shape index (κ3) is 2.69. The van der Waals surface area contributed by atoms with Gasteiger partial charge in [-0.2, -0.15) is 5.10 Å². The maximum absolute atomic E-state index is 9.78. The first-order valence-corrected chi connectivity index (χ1v) is 7.27.